The molecule has 0 aliphatic heterocycles. The van der Waals surface area contributed by atoms with Crippen molar-refractivity contribution in [3.05, 3.63) is 38.3 Å². The Balaban J connectivity index is 2.33. The lowest BCUT2D eigenvalue weighted by Crippen LogP contribution is -2.09. The Morgan fingerprint density at radius 1 is 1.25 bits per heavy atom. The van der Waals surface area contributed by atoms with Crippen LogP contribution in [0.4, 0.5) is 18.9 Å². The van der Waals surface area contributed by atoms with Crippen molar-refractivity contribution >= 4 is 37.5 Å². The van der Waals surface area contributed by atoms with Crippen LogP contribution in [0.25, 0.3) is 0 Å². The lowest BCUT2D eigenvalue weighted by Gasteiger charge is -2.08. The first kappa shape index (κ1) is 15.3. The van der Waals surface area contributed by atoms with E-state index in [1.807, 2.05) is 0 Å². The van der Waals surface area contributed by atoms with Gasteiger partial charge in [-0.25, -0.2) is 9.67 Å². The Morgan fingerprint density at radius 2 is 1.80 bits per heavy atom. The summed E-state index contributed by atoms with van der Waals surface area (Å²) in [4.78, 5) is 3.42. The van der Waals surface area contributed by atoms with Crippen molar-refractivity contribution in [1.29, 1.82) is 0 Å². The minimum absolute atomic E-state index is 0.173. The number of hydrogen-bond acceptors (Lipinski definition) is 3. The van der Waals surface area contributed by atoms with E-state index in [0.29, 0.717) is 14.6 Å². The molecule has 108 valence electrons. The smallest absolute Gasteiger partial charge is 0.397 e. The van der Waals surface area contributed by atoms with Crippen LogP contribution in [-0.2, 0) is 12.7 Å². The van der Waals surface area contributed by atoms with Gasteiger partial charge >= 0.3 is 6.18 Å². The molecule has 1 aromatic heterocycles. The Bertz CT molecular complexity index is 629. The highest BCUT2D eigenvalue weighted by Gasteiger charge is 2.36. The van der Waals surface area contributed by atoms with Gasteiger partial charge in [-0.3, -0.25) is 0 Å². The fourth-order valence-corrected chi connectivity index (χ4v) is 2.87. The summed E-state index contributed by atoms with van der Waals surface area (Å²) < 4.78 is 40.1. The van der Waals surface area contributed by atoms with E-state index in [1.54, 1.807) is 12.1 Å². The van der Waals surface area contributed by atoms with Gasteiger partial charge in [-0.15, -0.1) is 5.10 Å². The van der Waals surface area contributed by atoms with Gasteiger partial charge in [0, 0.05) is 8.95 Å². The molecule has 0 saturated carbocycles. The third kappa shape index (κ3) is 3.14. The van der Waals surface area contributed by atoms with Gasteiger partial charge in [0.05, 0.1) is 12.2 Å². The number of nitrogens with two attached hydrogens (primary N) is 1. The number of benzene rings is 1. The topological polar surface area (TPSA) is 56.7 Å². The molecule has 0 fully saturated rings. The van der Waals surface area contributed by atoms with Crippen molar-refractivity contribution in [2.75, 3.05) is 5.73 Å². The number of aromatic nitrogens is 3. The lowest BCUT2D eigenvalue weighted by molar-refractivity contribution is -0.145. The number of hydrogen-bond donors (Lipinski definition) is 1. The number of aryl methyl sites for hydroxylation is 1. The van der Waals surface area contributed by atoms with Crippen LogP contribution < -0.4 is 5.73 Å². The summed E-state index contributed by atoms with van der Waals surface area (Å²) in [7, 11) is 0. The Morgan fingerprint density at radius 3 is 2.25 bits per heavy atom. The number of nitrogens with zero attached hydrogens (tertiary/aromatic N) is 3. The largest absolute Gasteiger partial charge is 0.453 e. The number of anilines is 1. The molecule has 9 heteroatoms. The Labute approximate surface area is 129 Å². The third-order valence-corrected chi connectivity index (χ3v) is 3.89. The molecule has 4 nitrogen and oxygen atoms in total. The van der Waals surface area contributed by atoms with E-state index < -0.39 is 12.0 Å². The number of rotatable bonds is 2. The average Bonchev–Trinajstić information content (AvgIpc) is 2.68. The molecule has 2 aromatic rings. The van der Waals surface area contributed by atoms with Crippen LogP contribution in [0.3, 0.4) is 0 Å². The fourth-order valence-electron chi connectivity index (χ4n) is 1.59. The van der Waals surface area contributed by atoms with Crippen molar-refractivity contribution in [3.8, 4) is 0 Å². The lowest BCUT2D eigenvalue weighted by atomic mass is 10.2. The summed E-state index contributed by atoms with van der Waals surface area (Å²) in [5.41, 5.74) is 7.04. The Hall–Kier alpha value is -1.09. The minimum Gasteiger partial charge on any atom is -0.397 e. The highest BCUT2D eigenvalue weighted by atomic mass is 79.9. The number of alkyl halides is 3. The van der Waals surface area contributed by atoms with E-state index in [2.05, 4.69) is 41.9 Å². The standard InChI is InChI=1S/C11H9Br2F3N4/c1-5-18-10(11(14,15)16)19-20(5)4-6-2-7(12)9(17)8(13)3-6/h2-3H,4,17H2,1H3. The molecule has 0 aliphatic carbocycles. The zero-order valence-corrected chi connectivity index (χ0v) is 13.3. The van der Waals surface area contributed by atoms with Crippen LogP contribution in [0, 0.1) is 6.92 Å². The molecule has 0 saturated heterocycles. The van der Waals surface area contributed by atoms with Crippen molar-refractivity contribution < 1.29 is 13.2 Å². The minimum atomic E-state index is -4.54. The monoisotopic (exact) mass is 412 g/mol. The SMILES string of the molecule is Cc1nc(C(F)(F)F)nn1Cc1cc(Br)c(N)c(Br)c1. The molecule has 1 aromatic carbocycles. The van der Waals surface area contributed by atoms with E-state index in [1.165, 1.54) is 11.6 Å². The van der Waals surface area contributed by atoms with Crippen LogP contribution in [0.15, 0.2) is 21.1 Å². The molecular formula is C11H9Br2F3N4. The molecular weight excluding hydrogens is 405 g/mol. The van der Waals surface area contributed by atoms with Crippen LogP contribution >= 0.6 is 31.9 Å². The first-order valence-corrected chi connectivity index (χ1v) is 6.99. The van der Waals surface area contributed by atoms with Gasteiger partial charge < -0.3 is 5.73 Å². The zero-order chi connectivity index (χ0) is 15.1. The van der Waals surface area contributed by atoms with Crippen LogP contribution in [0.2, 0.25) is 0 Å². The van der Waals surface area contributed by atoms with Gasteiger partial charge in [-0.2, -0.15) is 13.2 Å². The summed E-state index contributed by atoms with van der Waals surface area (Å²) in [5.74, 6) is -0.940. The number of halogens is 5. The maximum Gasteiger partial charge on any atom is 0.453 e. The van der Waals surface area contributed by atoms with E-state index >= 15 is 0 Å². The van der Waals surface area contributed by atoms with Gasteiger partial charge in [0.15, 0.2) is 0 Å². The number of nitrogen functional groups attached to an aromatic ring is 1. The molecule has 0 atom stereocenters. The second kappa shape index (κ2) is 5.36. The Kier molecular flexibility index (Phi) is 4.10. The normalized spacial score (nSPS) is 11.9. The molecule has 1 heterocycles. The fraction of sp³-hybridized carbons (Fsp3) is 0.273. The van der Waals surface area contributed by atoms with Crippen molar-refractivity contribution in [1.82, 2.24) is 14.8 Å². The van der Waals surface area contributed by atoms with Gasteiger partial charge in [-0.05, 0) is 56.5 Å². The molecule has 2 N–H and O–H groups in total. The highest BCUT2D eigenvalue weighted by Crippen LogP contribution is 2.30. The molecule has 0 spiro atoms. The second-order valence-corrected chi connectivity index (χ2v) is 5.82. The van der Waals surface area contributed by atoms with E-state index in [9.17, 15) is 13.2 Å². The van der Waals surface area contributed by atoms with Gasteiger partial charge in [-0.1, -0.05) is 0 Å². The van der Waals surface area contributed by atoms with Crippen LogP contribution in [0.1, 0.15) is 17.2 Å². The molecule has 0 radical (unpaired) electrons. The predicted octanol–water partition coefficient (Wildman–Crippen LogP) is 3.76. The van der Waals surface area contributed by atoms with Crippen LogP contribution in [0.5, 0.6) is 0 Å². The van der Waals surface area contributed by atoms with Crippen molar-refractivity contribution in [3.63, 3.8) is 0 Å². The molecule has 0 amide bonds. The summed E-state index contributed by atoms with van der Waals surface area (Å²) in [5, 5.41) is 3.48. The zero-order valence-electron chi connectivity index (χ0n) is 10.2. The molecule has 0 bridgehead atoms. The molecule has 0 unspecified atom stereocenters. The molecule has 2 rings (SSSR count). The maximum atomic E-state index is 12.5. The van der Waals surface area contributed by atoms with Crippen molar-refractivity contribution in [2.45, 2.75) is 19.6 Å². The average molecular weight is 414 g/mol. The summed E-state index contributed by atoms with van der Waals surface area (Å²) in [6.07, 6.45) is -4.54. The van der Waals surface area contributed by atoms with Gasteiger partial charge in [0.2, 0.25) is 0 Å². The summed E-state index contributed by atoms with van der Waals surface area (Å²) in [6, 6.07) is 3.46. The molecule has 0 aliphatic rings. The van der Waals surface area contributed by atoms with E-state index in [0.717, 1.165) is 5.56 Å². The maximum absolute atomic E-state index is 12.5. The first-order chi connectivity index (χ1) is 9.18. The van der Waals surface area contributed by atoms with E-state index in [4.69, 9.17) is 5.73 Å². The predicted molar refractivity (Wildman–Crippen MR) is 75.1 cm³/mol. The molecule has 20 heavy (non-hydrogen) atoms. The summed E-state index contributed by atoms with van der Waals surface area (Å²) in [6.45, 7) is 1.65. The quantitative estimate of drug-likeness (QED) is 0.762. The highest BCUT2D eigenvalue weighted by molar-refractivity contribution is 9.11. The second-order valence-electron chi connectivity index (χ2n) is 4.11. The van der Waals surface area contributed by atoms with E-state index in [-0.39, 0.29) is 12.4 Å². The first-order valence-electron chi connectivity index (χ1n) is 5.40. The van der Waals surface area contributed by atoms with Gasteiger partial charge in [0.25, 0.3) is 5.82 Å². The van der Waals surface area contributed by atoms with Crippen molar-refractivity contribution in [2.24, 2.45) is 0 Å². The van der Waals surface area contributed by atoms with Gasteiger partial charge in [0.1, 0.15) is 5.82 Å². The van der Waals surface area contributed by atoms with Crippen LogP contribution in [-0.4, -0.2) is 14.8 Å². The third-order valence-electron chi connectivity index (χ3n) is 2.58. The summed E-state index contributed by atoms with van der Waals surface area (Å²) >= 11 is 6.57.